The van der Waals surface area contributed by atoms with Gasteiger partial charge in [-0.3, -0.25) is 0 Å². The Hall–Kier alpha value is -0.860. The van der Waals surface area contributed by atoms with Gasteiger partial charge in [-0.05, 0) is 36.4 Å². The van der Waals surface area contributed by atoms with Gasteiger partial charge in [0.05, 0.1) is 0 Å². The molecule has 1 atom stereocenters. The molecule has 1 N–H and O–H groups in total. The summed E-state index contributed by atoms with van der Waals surface area (Å²) in [6.07, 6.45) is 1.31. The molecule has 1 unspecified atom stereocenters. The van der Waals surface area contributed by atoms with Crippen LogP contribution < -0.4 is 5.32 Å². The summed E-state index contributed by atoms with van der Waals surface area (Å²) < 4.78 is 0. The van der Waals surface area contributed by atoms with Crippen LogP contribution in [0.2, 0.25) is 0 Å². The number of hydrogen-bond acceptors (Lipinski definition) is 2. The van der Waals surface area contributed by atoms with Gasteiger partial charge in [0.2, 0.25) is 0 Å². The van der Waals surface area contributed by atoms with Gasteiger partial charge < -0.3 is 10.2 Å². The predicted molar refractivity (Wildman–Crippen MR) is 82.6 cm³/mol. The third kappa shape index (κ3) is 4.32. The van der Waals surface area contributed by atoms with Crippen molar-refractivity contribution in [1.29, 1.82) is 0 Å². The molecule has 1 aromatic rings. The second-order valence-corrected chi connectivity index (χ2v) is 6.58. The molecule has 2 rings (SSSR count). The predicted octanol–water partition coefficient (Wildman–Crippen LogP) is 3.11. The molecule has 0 amide bonds. The largest absolute Gasteiger partial charge is 0.316 e. The summed E-state index contributed by atoms with van der Waals surface area (Å²) in [6.45, 7) is 12.7. The van der Waals surface area contributed by atoms with Crippen molar-refractivity contribution in [1.82, 2.24) is 10.2 Å². The van der Waals surface area contributed by atoms with Crippen LogP contribution >= 0.6 is 0 Å². The third-order valence-electron chi connectivity index (χ3n) is 4.05. The lowest BCUT2D eigenvalue weighted by Gasteiger charge is -2.30. The van der Waals surface area contributed by atoms with Gasteiger partial charge in [0.15, 0.2) is 0 Å². The first-order valence-electron chi connectivity index (χ1n) is 7.59. The van der Waals surface area contributed by atoms with E-state index in [-0.39, 0.29) is 0 Å². The molecule has 0 spiro atoms. The van der Waals surface area contributed by atoms with Crippen LogP contribution in [-0.2, 0) is 0 Å². The highest BCUT2D eigenvalue weighted by atomic mass is 15.2. The van der Waals surface area contributed by atoms with Crippen molar-refractivity contribution in [3.05, 3.63) is 35.9 Å². The molecule has 1 saturated heterocycles. The Morgan fingerprint density at radius 2 is 2.00 bits per heavy atom. The molecule has 19 heavy (non-hydrogen) atoms. The average molecular weight is 260 g/mol. The molecule has 0 saturated carbocycles. The maximum Gasteiger partial charge on any atom is 0.00510 e. The molecule has 106 valence electrons. The fraction of sp³-hybridized carbons (Fsp3) is 0.647. The summed E-state index contributed by atoms with van der Waals surface area (Å²) in [7, 11) is 0. The van der Waals surface area contributed by atoms with Crippen molar-refractivity contribution in [2.75, 3.05) is 32.7 Å². The highest BCUT2D eigenvalue weighted by Crippen LogP contribution is 2.29. The number of likely N-dealkylation sites (tertiary alicyclic amines) is 1. The van der Waals surface area contributed by atoms with Gasteiger partial charge in [-0.1, -0.05) is 51.1 Å². The van der Waals surface area contributed by atoms with E-state index in [1.165, 1.54) is 31.6 Å². The van der Waals surface area contributed by atoms with E-state index < -0.39 is 0 Å². The first-order valence-corrected chi connectivity index (χ1v) is 7.59. The highest BCUT2D eigenvalue weighted by molar-refractivity contribution is 5.21. The van der Waals surface area contributed by atoms with Gasteiger partial charge in [0.25, 0.3) is 0 Å². The van der Waals surface area contributed by atoms with E-state index in [1.54, 1.807) is 0 Å². The Bertz CT molecular complexity index is 372. The summed E-state index contributed by atoms with van der Waals surface area (Å²) in [5.41, 5.74) is 1.87. The quantitative estimate of drug-likeness (QED) is 0.845. The maximum absolute atomic E-state index is 3.48. The topological polar surface area (TPSA) is 15.3 Å². The van der Waals surface area contributed by atoms with Gasteiger partial charge in [-0.25, -0.2) is 0 Å². The average Bonchev–Trinajstić information content (AvgIpc) is 2.85. The number of rotatable bonds is 6. The smallest absolute Gasteiger partial charge is 0.00510 e. The van der Waals surface area contributed by atoms with Crippen LogP contribution in [0.3, 0.4) is 0 Å². The van der Waals surface area contributed by atoms with Gasteiger partial charge in [0.1, 0.15) is 0 Å². The van der Waals surface area contributed by atoms with Crippen molar-refractivity contribution in [2.24, 2.45) is 5.41 Å². The van der Waals surface area contributed by atoms with Crippen molar-refractivity contribution < 1.29 is 0 Å². The Labute approximate surface area is 118 Å². The molecule has 1 aliphatic rings. The molecule has 1 heterocycles. The number of nitrogens with one attached hydrogen (secondary N) is 1. The number of benzene rings is 1. The molecule has 1 aliphatic heterocycles. The van der Waals surface area contributed by atoms with Crippen molar-refractivity contribution >= 4 is 0 Å². The number of nitrogens with zero attached hydrogens (tertiary/aromatic N) is 1. The Morgan fingerprint density at radius 3 is 2.68 bits per heavy atom. The van der Waals surface area contributed by atoms with Crippen LogP contribution in [0.5, 0.6) is 0 Å². The van der Waals surface area contributed by atoms with E-state index in [1.807, 2.05) is 0 Å². The lowest BCUT2D eigenvalue weighted by atomic mass is 9.92. The molecule has 1 fully saturated rings. The summed E-state index contributed by atoms with van der Waals surface area (Å²) in [4.78, 5) is 2.63. The van der Waals surface area contributed by atoms with Crippen LogP contribution in [0.4, 0.5) is 0 Å². The van der Waals surface area contributed by atoms with Crippen LogP contribution in [0.25, 0.3) is 0 Å². The molecular formula is C17H28N2. The molecule has 0 radical (unpaired) electrons. The maximum atomic E-state index is 3.48. The molecule has 2 nitrogen and oxygen atoms in total. The molecule has 1 aromatic carbocycles. The first-order chi connectivity index (χ1) is 9.11. The molecule has 0 bridgehead atoms. The summed E-state index contributed by atoms with van der Waals surface area (Å²) >= 11 is 0. The lowest BCUT2D eigenvalue weighted by Crippen LogP contribution is -2.39. The summed E-state index contributed by atoms with van der Waals surface area (Å²) in [5, 5.41) is 3.48. The van der Waals surface area contributed by atoms with Crippen LogP contribution in [-0.4, -0.2) is 37.6 Å². The van der Waals surface area contributed by atoms with E-state index in [0.717, 1.165) is 19.0 Å². The zero-order valence-electron chi connectivity index (χ0n) is 12.7. The summed E-state index contributed by atoms with van der Waals surface area (Å²) in [5.74, 6) is 0.733. The molecule has 0 aliphatic carbocycles. The SMILES string of the molecule is CCNCC(C)(C)CN1CCC(c2ccccc2)C1. The monoisotopic (exact) mass is 260 g/mol. The fourth-order valence-electron chi connectivity index (χ4n) is 3.10. The van der Waals surface area contributed by atoms with E-state index >= 15 is 0 Å². The van der Waals surface area contributed by atoms with Crippen molar-refractivity contribution in [3.8, 4) is 0 Å². The lowest BCUT2D eigenvalue weighted by molar-refractivity contribution is 0.203. The molecule has 2 heteroatoms. The van der Waals surface area contributed by atoms with Gasteiger partial charge in [0, 0.05) is 19.6 Å². The molecule has 0 aromatic heterocycles. The Balaban J connectivity index is 1.85. The zero-order chi connectivity index (χ0) is 13.7. The van der Waals surface area contributed by atoms with Gasteiger partial charge in [-0.15, -0.1) is 0 Å². The number of hydrogen-bond donors (Lipinski definition) is 1. The van der Waals surface area contributed by atoms with E-state index in [9.17, 15) is 0 Å². The zero-order valence-corrected chi connectivity index (χ0v) is 12.7. The standard InChI is InChI=1S/C17H28N2/c1-4-18-13-17(2,3)14-19-11-10-16(12-19)15-8-6-5-7-9-15/h5-9,16,18H,4,10-14H2,1-3H3. The second-order valence-electron chi connectivity index (χ2n) is 6.58. The molecular weight excluding hydrogens is 232 g/mol. The van der Waals surface area contributed by atoms with Crippen LogP contribution in [0.15, 0.2) is 30.3 Å². The normalized spacial score (nSPS) is 20.9. The summed E-state index contributed by atoms with van der Waals surface area (Å²) in [6, 6.07) is 11.0. The second kappa shape index (κ2) is 6.53. The third-order valence-corrected chi connectivity index (χ3v) is 4.05. The van der Waals surface area contributed by atoms with Crippen LogP contribution in [0.1, 0.15) is 38.7 Å². The minimum Gasteiger partial charge on any atom is -0.316 e. The first kappa shape index (κ1) is 14.5. The van der Waals surface area contributed by atoms with Gasteiger partial charge >= 0.3 is 0 Å². The van der Waals surface area contributed by atoms with Crippen molar-refractivity contribution in [2.45, 2.75) is 33.1 Å². The van der Waals surface area contributed by atoms with Crippen molar-refractivity contribution in [3.63, 3.8) is 0 Å². The van der Waals surface area contributed by atoms with E-state index in [0.29, 0.717) is 5.41 Å². The Kier molecular flexibility index (Phi) is 5.00. The highest BCUT2D eigenvalue weighted by Gasteiger charge is 2.28. The minimum atomic E-state index is 0.363. The van der Waals surface area contributed by atoms with E-state index in [2.05, 4.69) is 61.3 Å². The van der Waals surface area contributed by atoms with Crippen LogP contribution in [0, 0.1) is 5.41 Å². The van der Waals surface area contributed by atoms with Gasteiger partial charge in [-0.2, -0.15) is 0 Å². The van der Waals surface area contributed by atoms with E-state index in [4.69, 9.17) is 0 Å². The minimum absolute atomic E-state index is 0.363. The fourth-order valence-corrected chi connectivity index (χ4v) is 3.10. The Morgan fingerprint density at radius 1 is 1.26 bits per heavy atom.